The lowest BCUT2D eigenvalue weighted by Gasteiger charge is -2.28. The van der Waals surface area contributed by atoms with Gasteiger partial charge in [0.25, 0.3) is 5.91 Å². The van der Waals surface area contributed by atoms with E-state index < -0.39 is 12.1 Å². The van der Waals surface area contributed by atoms with Gasteiger partial charge in [0.15, 0.2) is 5.78 Å². The molecule has 3 heterocycles. The average molecular weight is 410 g/mol. The first-order valence-corrected chi connectivity index (χ1v) is 10.3. The molecular formula is C22H26N4O4. The molecule has 1 N–H and O–H groups in total. The standard InChI is InChI=1S/C22H26N4O4/c1-14(2)12-17(22(29)25-11-8-19-20(25)18(27)13-30-19)24-21(28)15-4-6-16(7-5-15)26-10-3-9-23-26/h3-7,9-10,14,17,19-20H,8,11-13H2,1-2H3,(H,24,28). The van der Waals surface area contributed by atoms with Crippen LogP contribution in [0.1, 0.15) is 37.0 Å². The molecule has 0 radical (unpaired) electrons. The van der Waals surface area contributed by atoms with Crippen molar-refractivity contribution < 1.29 is 19.1 Å². The zero-order chi connectivity index (χ0) is 21.3. The zero-order valence-corrected chi connectivity index (χ0v) is 17.2. The number of Topliss-reactive ketones (excluding diaryl/α,β-unsaturated/α-hetero) is 1. The van der Waals surface area contributed by atoms with Crippen molar-refractivity contribution in [1.82, 2.24) is 20.0 Å². The van der Waals surface area contributed by atoms with Crippen LogP contribution in [0, 0.1) is 5.92 Å². The Kier molecular flexibility index (Phi) is 5.67. The van der Waals surface area contributed by atoms with E-state index in [1.807, 2.05) is 26.1 Å². The number of rotatable bonds is 6. The van der Waals surface area contributed by atoms with Crippen LogP contribution < -0.4 is 5.32 Å². The highest BCUT2D eigenvalue weighted by Gasteiger charge is 2.48. The Morgan fingerprint density at radius 2 is 2.03 bits per heavy atom. The van der Waals surface area contributed by atoms with E-state index in [9.17, 15) is 14.4 Å². The Hall–Kier alpha value is -3.00. The molecule has 2 aliphatic heterocycles. The van der Waals surface area contributed by atoms with Crippen LogP contribution in [0.4, 0.5) is 0 Å². The van der Waals surface area contributed by atoms with Gasteiger partial charge in [0.05, 0.1) is 11.8 Å². The predicted molar refractivity (Wildman–Crippen MR) is 109 cm³/mol. The molecule has 1 aromatic heterocycles. The second kappa shape index (κ2) is 8.39. The van der Waals surface area contributed by atoms with Gasteiger partial charge in [-0.2, -0.15) is 5.10 Å². The summed E-state index contributed by atoms with van der Waals surface area (Å²) in [5.74, 6) is -0.382. The summed E-state index contributed by atoms with van der Waals surface area (Å²) in [6, 6.07) is 7.66. The number of benzene rings is 1. The number of hydrogen-bond donors (Lipinski definition) is 1. The molecule has 4 rings (SSSR count). The monoisotopic (exact) mass is 410 g/mol. The number of nitrogens with zero attached hydrogens (tertiary/aromatic N) is 3. The quantitative estimate of drug-likeness (QED) is 0.781. The maximum atomic E-state index is 13.2. The molecule has 3 unspecified atom stereocenters. The molecule has 0 bridgehead atoms. The molecule has 2 fully saturated rings. The first kappa shape index (κ1) is 20.3. The van der Waals surface area contributed by atoms with Crippen LogP contribution in [0.5, 0.6) is 0 Å². The molecule has 0 saturated carbocycles. The van der Waals surface area contributed by atoms with Crippen molar-refractivity contribution in [2.45, 2.75) is 44.9 Å². The van der Waals surface area contributed by atoms with Crippen molar-refractivity contribution in [3.8, 4) is 5.69 Å². The van der Waals surface area contributed by atoms with Crippen LogP contribution in [0.25, 0.3) is 5.69 Å². The van der Waals surface area contributed by atoms with E-state index in [1.165, 1.54) is 0 Å². The number of fused-ring (bicyclic) bond motifs is 1. The van der Waals surface area contributed by atoms with E-state index in [0.717, 1.165) is 5.69 Å². The zero-order valence-electron chi connectivity index (χ0n) is 17.2. The number of carbonyl (C=O) groups is 3. The van der Waals surface area contributed by atoms with Crippen LogP contribution >= 0.6 is 0 Å². The molecule has 2 amide bonds. The summed E-state index contributed by atoms with van der Waals surface area (Å²) >= 11 is 0. The van der Waals surface area contributed by atoms with Crippen LogP contribution in [-0.4, -0.2) is 63.6 Å². The summed E-state index contributed by atoms with van der Waals surface area (Å²) in [5, 5.41) is 7.06. The van der Waals surface area contributed by atoms with E-state index in [-0.39, 0.29) is 36.2 Å². The number of aromatic nitrogens is 2. The minimum absolute atomic E-state index is 0.0585. The Bertz CT molecular complexity index is 923. The Morgan fingerprint density at radius 1 is 1.27 bits per heavy atom. The van der Waals surface area contributed by atoms with Gasteiger partial charge in [-0.15, -0.1) is 0 Å². The summed E-state index contributed by atoms with van der Waals surface area (Å²) < 4.78 is 7.19. The van der Waals surface area contributed by atoms with E-state index in [4.69, 9.17) is 4.74 Å². The van der Waals surface area contributed by atoms with Gasteiger partial charge in [-0.25, -0.2) is 4.68 Å². The average Bonchev–Trinajstić information content (AvgIpc) is 3.46. The molecule has 0 spiro atoms. The molecule has 2 aliphatic rings. The van der Waals surface area contributed by atoms with Gasteiger partial charge in [-0.3, -0.25) is 14.4 Å². The molecule has 2 aromatic rings. The van der Waals surface area contributed by atoms with Gasteiger partial charge in [0, 0.05) is 24.5 Å². The van der Waals surface area contributed by atoms with Crippen LogP contribution in [0.3, 0.4) is 0 Å². The Balaban J connectivity index is 1.48. The lowest BCUT2D eigenvalue weighted by molar-refractivity contribution is -0.138. The van der Waals surface area contributed by atoms with Gasteiger partial charge >= 0.3 is 0 Å². The van der Waals surface area contributed by atoms with E-state index in [2.05, 4.69) is 10.4 Å². The highest BCUT2D eigenvalue weighted by Crippen LogP contribution is 2.28. The number of likely N-dealkylation sites (tertiary alicyclic amines) is 1. The van der Waals surface area contributed by atoms with Crippen LogP contribution in [0.2, 0.25) is 0 Å². The van der Waals surface area contributed by atoms with Crippen molar-refractivity contribution in [1.29, 1.82) is 0 Å². The minimum atomic E-state index is -0.685. The van der Waals surface area contributed by atoms with Gasteiger partial charge in [-0.05, 0) is 49.1 Å². The minimum Gasteiger partial charge on any atom is -0.368 e. The number of hydrogen-bond acceptors (Lipinski definition) is 5. The SMILES string of the molecule is CC(C)CC(NC(=O)c1ccc(-n2cccn2)cc1)C(=O)N1CCC2OCC(=O)C21. The predicted octanol–water partition coefficient (Wildman–Crippen LogP) is 1.59. The molecule has 30 heavy (non-hydrogen) atoms. The first-order valence-electron chi connectivity index (χ1n) is 10.3. The van der Waals surface area contributed by atoms with Crippen LogP contribution in [0.15, 0.2) is 42.7 Å². The molecular weight excluding hydrogens is 384 g/mol. The fourth-order valence-corrected chi connectivity index (χ4v) is 4.16. The highest BCUT2D eigenvalue weighted by atomic mass is 16.5. The molecule has 0 aliphatic carbocycles. The number of carbonyl (C=O) groups excluding carboxylic acids is 3. The normalized spacial score (nSPS) is 21.7. The number of ketones is 1. The van der Waals surface area contributed by atoms with Gasteiger partial charge in [-0.1, -0.05) is 13.8 Å². The van der Waals surface area contributed by atoms with Gasteiger partial charge in [0.2, 0.25) is 5.91 Å². The number of amides is 2. The molecule has 8 nitrogen and oxygen atoms in total. The Morgan fingerprint density at radius 3 is 2.70 bits per heavy atom. The molecule has 8 heteroatoms. The summed E-state index contributed by atoms with van der Waals surface area (Å²) in [7, 11) is 0. The van der Waals surface area contributed by atoms with Crippen molar-refractivity contribution in [2.75, 3.05) is 13.2 Å². The van der Waals surface area contributed by atoms with E-state index in [1.54, 1.807) is 40.0 Å². The second-order valence-electron chi connectivity index (χ2n) is 8.23. The maximum absolute atomic E-state index is 13.2. The summed E-state index contributed by atoms with van der Waals surface area (Å²) in [6.07, 6.45) is 4.44. The fourth-order valence-electron chi connectivity index (χ4n) is 4.16. The molecule has 2 saturated heterocycles. The smallest absolute Gasteiger partial charge is 0.251 e. The fraction of sp³-hybridized carbons (Fsp3) is 0.455. The van der Waals surface area contributed by atoms with Crippen molar-refractivity contribution in [2.24, 2.45) is 5.92 Å². The van der Waals surface area contributed by atoms with Crippen molar-refractivity contribution >= 4 is 17.6 Å². The van der Waals surface area contributed by atoms with Gasteiger partial charge in [0.1, 0.15) is 18.7 Å². The third kappa shape index (κ3) is 4.00. The molecule has 3 atom stereocenters. The topological polar surface area (TPSA) is 93.5 Å². The molecule has 158 valence electrons. The largest absolute Gasteiger partial charge is 0.368 e. The summed E-state index contributed by atoms with van der Waals surface area (Å²) in [6.45, 7) is 4.54. The van der Waals surface area contributed by atoms with E-state index in [0.29, 0.717) is 24.9 Å². The van der Waals surface area contributed by atoms with Crippen molar-refractivity contribution in [3.63, 3.8) is 0 Å². The third-order valence-corrected chi connectivity index (χ3v) is 5.60. The second-order valence-corrected chi connectivity index (χ2v) is 8.23. The lowest BCUT2D eigenvalue weighted by atomic mass is 10.0. The van der Waals surface area contributed by atoms with Crippen LogP contribution in [-0.2, 0) is 14.3 Å². The Labute approximate surface area is 175 Å². The summed E-state index contributed by atoms with van der Waals surface area (Å²) in [4.78, 5) is 39.9. The maximum Gasteiger partial charge on any atom is 0.251 e. The molecule has 1 aromatic carbocycles. The number of ether oxygens (including phenoxy) is 1. The number of nitrogens with one attached hydrogen (secondary N) is 1. The van der Waals surface area contributed by atoms with Gasteiger partial charge < -0.3 is 15.0 Å². The lowest BCUT2D eigenvalue weighted by Crippen LogP contribution is -2.52. The highest BCUT2D eigenvalue weighted by molar-refractivity contribution is 5.99. The van der Waals surface area contributed by atoms with Crippen molar-refractivity contribution in [3.05, 3.63) is 48.3 Å². The van der Waals surface area contributed by atoms with E-state index >= 15 is 0 Å². The summed E-state index contributed by atoms with van der Waals surface area (Å²) in [5.41, 5.74) is 1.31. The first-order chi connectivity index (χ1) is 14.4. The third-order valence-electron chi connectivity index (χ3n) is 5.60.